The van der Waals surface area contributed by atoms with Crippen molar-refractivity contribution in [3.8, 4) is 0 Å². The van der Waals surface area contributed by atoms with Crippen molar-refractivity contribution >= 4 is 57.8 Å². The molecule has 4 aromatic rings. The minimum Gasteiger partial charge on any atom is -0.237 e. The molecule has 0 aromatic heterocycles. The van der Waals surface area contributed by atoms with E-state index in [-0.39, 0.29) is 0 Å². The molecule has 0 N–H and O–H groups in total. The van der Waals surface area contributed by atoms with E-state index in [1.165, 1.54) is 45.6 Å². The van der Waals surface area contributed by atoms with Gasteiger partial charge in [-0.3, -0.25) is 0 Å². The first-order valence-electron chi connectivity index (χ1n) is 8.61. The van der Waals surface area contributed by atoms with E-state index in [0.29, 0.717) is 0 Å². The second kappa shape index (κ2) is 8.05. The van der Waals surface area contributed by atoms with Crippen LogP contribution in [0, 0.1) is 0 Å². The molecule has 0 heterocycles. The lowest BCUT2D eigenvalue weighted by molar-refractivity contribution is 0.756. The highest BCUT2D eigenvalue weighted by atomic mass is 32.2. The Kier molecular flexibility index (Phi) is 5.35. The van der Waals surface area contributed by atoms with Crippen molar-refractivity contribution in [2.75, 3.05) is 0 Å². The summed E-state index contributed by atoms with van der Waals surface area (Å²) in [6, 6.07) is 25.0. The molecule has 0 saturated heterocycles. The monoisotopic (exact) mass is 386 g/mol. The molecule has 0 bridgehead atoms. The van der Waals surface area contributed by atoms with Gasteiger partial charge in [-0.2, -0.15) is 0 Å². The predicted octanol–water partition coefficient (Wildman–Crippen LogP) is 8.01. The van der Waals surface area contributed by atoms with Crippen LogP contribution in [0.25, 0.3) is 33.7 Å². The largest absolute Gasteiger partial charge is 0.237 e. The van der Waals surface area contributed by atoms with E-state index in [2.05, 4.69) is 61.7 Å². The Bertz CT molecular complexity index is 1060. The highest BCUT2D eigenvalue weighted by Gasteiger charge is 2.09. The average molecular weight is 387 g/mol. The second-order valence-corrected chi connectivity index (χ2v) is 7.80. The summed E-state index contributed by atoms with van der Waals surface area (Å²) < 4.78 is 5.93. The van der Waals surface area contributed by atoms with Gasteiger partial charge in [0.25, 0.3) is 0 Å². The van der Waals surface area contributed by atoms with Crippen LogP contribution in [-0.4, -0.2) is 0 Å². The van der Waals surface area contributed by atoms with E-state index in [1.807, 2.05) is 36.4 Å². The average Bonchev–Trinajstić information content (AvgIpc) is 2.73. The van der Waals surface area contributed by atoms with Gasteiger partial charge in [-0.15, -0.1) is 0 Å². The standard InChI is InChI=1S/C24H18OS2/c1-3-19-21-11-7-5-9-17(21)13-15-23(19)26-25-27-24-16-14-18-10-6-8-12-22(18)20(24)4-2/h3-16H,1-2H2. The van der Waals surface area contributed by atoms with Crippen molar-refractivity contribution in [2.45, 2.75) is 9.79 Å². The van der Waals surface area contributed by atoms with Crippen LogP contribution >= 0.6 is 24.1 Å². The molecule has 0 fully saturated rings. The number of hydrogen-bond acceptors (Lipinski definition) is 3. The summed E-state index contributed by atoms with van der Waals surface area (Å²) in [7, 11) is 0. The van der Waals surface area contributed by atoms with Crippen LogP contribution in [0.1, 0.15) is 11.1 Å². The Hall–Kier alpha value is -2.46. The smallest absolute Gasteiger partial charge is 0.0454 e. The molecule has 1 nitrogen and oxygen atoms in total. The molecule has 27 heavy (non-hydrogen) atoms. The molecule has 0 atom stereocenters. The van der Waals surface area contributed by atoms with Crippen LogP contribution in [0.5, 0.6) is 0 Å². The van der Waals surface area contributed by atoms with E-state index < -0.39 is 0 Å². The summed E-state index contributed by atoms with van der Waals surface area (Å²) in [6.07, 6.45) is 3.79. The van der Waals surface area contributed by atoms with Crippen molar-refractivity contribution in [3.05, 3.63) is 97.1 Å². The Morgan fingerprint density at radius 2 is 1.04 bits per heavy atom. The third kappa shape index (κ3) is 3.54. The lowest BCUT2D eigenvalue weighted by atomic mass is 10.0. The molecule has 0 unspecified atom stereocenters. The molecule has 4 rings (SSSR count). The maximum atomic E-state index is 5.93. The first kappa shape index (κ1) is 17.9. The van der Waals surface area contributed by atoms with Gasteiger partial charge in [0.05, 0.1) is 0 Å². The molecule has 0 radical (unpaired) electrons. The molecule has 0 spiro atoms. The maximum Gasteiger partial charge on any atom is 0.0454 e. The van der Waals surface area contributed by atoms with E-state index >= 15 is 0 Å². The summed E-state index contributed by atoms with van der Waals surface area (Å²) in [6.45, 7) is 7.96. The molecule has 0 aliphatic carbocycles. The van der Waals surface area contributed by atoms with E-state index in [9.17, 15) is 0 Å². The first-order chi connectivity index (χ1) is 13.3. The third-order valence-corrected chi connectivity index (χ3v) is 6.13. The molecule has 0 amide bonds. The van der Waals surface area contributed by atoms with E-state index in [0.717, 1.165) is 20.9 Å². The van der Waals surface area contributed by atoms with Gasteiger partial charge in [0, 0.05) is 33.9 Å². The van der Waals surface area contributed by atoms with Gasteiger partial charge in [0.1, 0.15) is 0 Å². The molecule has 0 aliphatic rings. The lowest BCUT2D eigenvalue weighted by Crippen LogP contribution is -1.85. The number of fused-ring (bicyclic) bond motifs is 2. The molecular weight excluding hydrogens is 368 g/mol. The Morgan fingerprint density at radius 1 is 0.593 bits per heavy atom. The molecule has 0 saturated carbocycles. The van der Waals surface area contributed by atoms with Gasteiger partial charge in [-0.1, -0.05) is 86.0 Å². The number of rotatable bonds is 6. The van der Waals surface area contributed by atoms with Crippen LogP contribution in [0.15, 0.2) is 95.7 Å². The zero-order chi connectivity index (χ0) is 18.6. The molecule has 0 aliphatic heterocycles. The van der Waals surface area contributed by atoms with Gasteiger partial charge >= 0.3 is 0 Å². The summed E-state index contributed by atoms with van der Waals surface area (Å²) in [4.78, 5) is 2.11. The number of hydrogen-bond donors (Lipinski definition) is 0. The Balaban J connectivity index is 1.59. The molecule has 132 valence electrons. The third-order valence-electron chi connectivity index (χ3n) is 4.52. The minimum absolute atomic E-state index is 1.05. The van der Waals surface area contributed by atoms with Crippen LogP contribution in [-0.2, 0) is 3.63 Å². The Morgan fingerprint density at radius 3 is 1.48 bits per heavy atom. The SMILES string of the molecule is C=Cc1c(SOSc2ccc3ccccc3c2C=C)ccc2ccccc12. The quantitative estimate of drug-likeness (QED) is 0.311. The van der Waals surface area contributed by atoms with Gasteiger partial charge in [0.2, 0.25) is 0 Å². The summed E-state index contributed by atoms with van der Waals surface area (Å²) in [5, 5.41) is 4.77. The summed E-state index contributed by atoms with van der Waals surface area (Å²) in [5.41, 5.74) is 2.20. The Labute approximate surface area is 168 Å². The normalized spacial score (nSPS) is 11.0. The van der Waals surface area contributed by atoms with Gasteiger partial charge in [-0.05, 0) is 44.8 Å². The van der Waals surface area contributed by atoms with Crippen LogP contribution in [0.2, 0.25) is 0 Å². The summed E-state index contributed by atoms with van der Waals surface area (Å²) in [5.74, 6) is 0. The van der Waals surface area contributed by atoms with Gasteiger partial charge in [-0.25, -0.2) is 3.63 Å². The van der Waals surface area contributed by atoms with Crippen molar-refractivity contribution in [1.82, 2.24) is 0 Å². The van der Waals surface area contributed by atoms with Crippen LogP contribution in [0.4, 0.5) is 0 Å². The van der Waals surface area contributed by atoms with Crippen LogP contribution < -0.4 is 0 Å². The molecule has 3 heteroatoms. The van der Waals surface area contributed by atoms with Crippen LogP contribution in [0.3, 0.4) is 0 Å². The van der Waals surface area contributed by atoms with Crippen molar-refractivity contribution in [2.24, 2.45) is 0 Å². The van der Waals surface area contributed by atoms with Crippen molar-refractivity contribution < 1.29 is 3.63 Å². The minimum atomic E-state index is 1.05. The maximum absolute atomic E-state index is 5.93. The molecule has 4 aromatic carbocycles. The second-order valence-electron chi connectivity index (χ2n) is 6.04. The fourth-order valence-electron chi connectivity index (χ4n) is 3.21. The first-order valence-corrected chi connectivity index (χ1v) is 10.1. The fourth-order valence-corrected chi connectivity index (χ4v) is 4.74. The predicted molar refractivity (Wildman–Crippen MR) is 121 cm³/mol. The van der Waals surface area contributed by atoms with E-state index in [4.69, 9.17) is 3.63 Å². The zero-order valence-electron chi connectivity index (χ0n) is 14.7. The number of benzene rings is 4. The topological polar surface area (TPSA) is 9.23 Å². The van der Waals surface area contributed by atoms with Crippen molar-refractivity contribution in [3.63, 3.8) is 0 Å². The fraction of sp³-hybridized carbons (Fsp3) is 0. The highest BCUT2D eigenvalue weighted by Crippen LogP contribution is 2.38. The van der Waals surface area contributed by atoms with E-state index in [1.54, 1.807) is 0 Å². The van der Waals surface area contributed by atoms with Gasteiger partial charge < -0.3 is 0 Å². The van der Waals surface area contributed by atoms with Gasteiger partial charge in [0.15, 0.2) is 0 Å². The van der Waals surface area contributed by atoms with Crippen molar-refractivity contribution in [1.29, 1.82) is 0 Å². The lowest BCUT2D eigenvalue weighted by Gasteiger charge is -2.11. The zero-order valence-corrected chi connectivity index (χ0v) is 16.4. The highest BCUT2D eigenvalue weighted by molar-refractivity contribution is 8.08. The molecular formula is C24H18OS2. The summed E-state index contributed by atoms with van der Waals surface area (Å²) >= 11 is 2.73.